The Balaban J connectivity index is 0.00000242. The number of hydrogen-bond donors (Lipinski definition) is 2. The molecule has 0 saturated heterocycles. The fourth-order valence-corrected chi connectivity index (χ4v) is 2.10. The average Bonchev–Trinajstić information content (AvgIpc) is 2.50. The molecule has 1 aromatic heterocycles. The van der Waals surface area contributed by atoms with Gasteiger partial charge in [0.05, 0.1) is 12.2 Å². The Morgan fingerprint density at radius 3 is 2.68 bits per heavy atom. The molecule has 120 valence electrons. The molecule has 4 nitrogen and oxygen atoms in total. The smallest absolute Gasteiger partial charge is 0.191 e. The number of halogens is 1. The zero-order valence-corrected chi connectivity index (χ0v) is 15.8. The Morgan fingerprint density at radius 1 is 1.18 bits per heavy atom. The van der Waals surface area contributed by atoms with E-state index in [2.05, 4.69) is 53.5 Å². The minimum Gasteiger partial charge on any atom is -0.357 e. The van der Waals surface area contributed by atoms with Crippen LogP contribution in [0.3, 0.4) is 0 Å². The molecule has 0 fully saturated rings. The van der Waals surface area contributed by atoms with Crippen LogP contribution in [0, 0.1) is 5.92 Å². The first-order chi connectivity index (χ1) is 10.2. The minimum absolute atomic E-state index is 0. The monoisotopic (exact) mass is 412 g/mol. The van der Waals surface area contributed by atoms with E-state index >= 15 is 0 Å². The molecule has 0 aliphatic carbocycles. The molecule has 0 unspecified atom stereocenters. The van der Waals surface area contributed by atoms with E-state index < -0.39 is 0 Å². The Kier molecular flexibility index (Phi) is 8.16. The van der Waals surface area contributed by atoms with Crippen LogP contribution in [0.2, 0.25) is 0 Å². The number of aromatic nitrogens is 1. The highest BCUT2D eigenvalue weighted by molar-refractivity contribution is 14.0. The van der Waals surface area contributed by atoms with Crippen molar-refractivity contribution in [3.05, 3.63) is 42.2 Å². The van der Waals surface area contributed by atoms with Crippen molar-refractivity contribution in [1.82, 2.24) is 15.6 Å². The van der Waals surface area contributed by atoms with Crippen LogP contribution in [-0.4, -0.2) is 24.0 Å². The third kappa shape index (κ3) is 5.44. The second-order valence-corrected chi connectivity index (χ2v) is 5.45. The van der Waals surface area contributed by atoms with E-state index in [-0.39, 0.29) is 24.0 Å². The Morgan fingerprint density at radius 2 is 1.95 bits per heavy atom. The van der Waals surface area contributed by atoms with E-state index in [9.17, 15) is 0 Å². The molecule has 22 heavy (non-hydrogen) atoms. The lowest BCUT2D eigenvalue weighted by Crippen LogP contribution is -2.39. The molecule has 1 heterocycles. The Labute approximate surface area is 149 Å². The van der Waals surface area contributed by atoms with E-state index in [0.717, 1.165) is 24.7 Å². The summed E-state index contributed by atoms with van der Waals surface area (Å²) in [5, 5.41) is 8.99. The lowest BCUT2D eigenvalue weighted by Gasteiger charge is -2.13. The van der Waals surface area contributed by atoms with E-state index in [0.29, 0.717) is 12.5 Å². The number of fused-ring (bicyclic) bond motifs is 1. The van der Waals surface area contributed by atoms with Gasteiger partial charge >= 0.3 is 0 Å². The van der Waals surface area contributed by atoms with Crippen molar-refractivity contribution in [2.45, 2.75) is 27.3 Å². The van der Waals surface area contributed by atoms with Gasteiger partial charge in [-0.3, -0.25) is 4.98 Å². The molecule has 2 N–H and O–H groups in total. The van der Waals surface area contributed by atoms with Crippen molar-refractivity contribution in [3.8, 4) is 0 Å². The number of aliphatic imine (C=N–C) groups is 1. The molecule has 5 heteroatoms. The van der Waals surface area contributed by atoms with Gasteiger partial charge in [-0.25, -0.2) is 4.99 Å². The molecule has 0 atom stereocenters. The average molecular weight is 412 g/mol. The fourth-order valence-electron chi connectivity index (χ4n) is 2.10. The van der Waals surface area contributed by atoms with Gasteiger partial charge in [-0.05, 0) is 24.3 Å². The van der Waals surface area contributed by atoms with Crippen LogP contribution in [-0.2, 0) is 6.54 Å². The van der Waals surface area contributed by atoms with Crippen LogP contribution in [0.4, 0.5) is 0 Å². The van der Waals surface area contributed by atoms with E-state index in [4.69, 9.17) is 0 Å². The van der Waals surface area contributed by atoms with Gasteiger partial charge in [0.1, 0.15) is 0 Å². The zero-order valence-electron chi connectivity index (χ0n) is 13.5. The van der Waals surface area contributed by atoms with Crippen molar-refractivity contribution in [2.24, 2.45) is 10.9 Å². The second kappa shape index (κ2) is 9.61. The van der Waals surface area contributed by atoms with Crippen molar-refractivity contribution >= 4 is 40.7 Å². The van der Waals surface area contributed by atoms with Crippen LogP contribution >= 0.6 is 24.0 Å². The first kappa shape index (κ1) is 18.7. The largest absolute Gasteiger partial charge is 0.357 e. The van der Waals surface area contributed by atoms with Crippen molar-refractivity contribution < 1.29 is 0 Å². The molecule has 2 rings (SSSR count). The first-order valence-corrected chi connectivity index (χ1v) is 7.55. The van der Waals surface area contributed by atoms with Crippen molar-refractivity contribution in [1.29, 1.82) is 0 Å². The summed E-state index contributed by atoms with van der Waals surface area (Å²) >= 11 is 0. The number of pyridine rings is 1. The maximum absolute atomic E-state index is 4.64. The van der Waals surface area contributed by atoms with Gasteiger partial charge < -0.3 is 10.6 Å². The van der Waals surface area contributed by atoms with Crippen LogP contribution in [0.15, 0.2) is 41.5 Å². The van der Waals surface area contributed by atoms with Gasteiger partial charge in [-0.2, -0.15) is 0 Å². The van der Waals surface area contributed by atoms with Gasteiger partial charge in [0.25, 0.3) is 0 Å². The SMILES string of the molecule is CCNC(=NCc1nccc2ccccc12)NCC(C)C.I. The molecule has 0 aliphatic rings. The highest BCUT2D eigenvalue weighted by Gasteiger charge is 2.03. The lowest BCUT2D eigenvalue weighted by molar-refractivity contribution is 0.614. The van der Waals surface area contributed by atoms with Crippen LogP contribution < -0.4 is 10.6 Å². The van der Waals surface area contributed by atoms with Gasteiger partial charge in [0, 0.05) is 24.7 Å². The number of hydrogen-bond acceptors (Lipinski definition) is 2. The Hall–Kier alpha value is -1.37. The fraction of sp³-hybridized carbons (Fsp3) is 0.412. The molecule has 0 amide bonds. The molecule has 0 spiro atoms. The van der Waals surface area contributed by atoms with Crippen LogP contribution in [0.1, 0.15) is 26.5 Å². The molecular weight excluding hydrogens is 387 g/mol. The number of guanidine groups is 1. The van der Waals surface area contributed by atoms with E-state index in [1.165, 1.54) is 10.8 Å². The number of rotatable bonds is 5. The van der Waals surface area contributed by atoms with Crippen LogP contribution in [0.25, 0.3) is 10.8 Å². The number of nitrogens with zero attached hydrogens (tertiary/aromatic N) is 2. The number of benzene rings is 1. The Bertz CT molecular complexity index is 605. The molecular formula is C17H25IN4. The lowest BCUT2D eigenvalue weighted by atomic mass is 10.1. The molecule has 1 aromatic carbocycles. The quantitative estimate of drug-likeness (QED) is 0.449. The summed E-state index contributed by atoms with van der Waals surface area (Å²) in [6, 6.07) is 10.3. The summed E-state index contributed by atoms with van der Waals surface area (Å²) in [6.07, 6.45) is 1.85. The summed E-state index contributed by atoms with van der Waals surface area (Å²) in [5.74, 6) is 1.44. The minimum atomic E-state index is 0. The highest BCUT2D eigenvalue weighted by Crippen LogP contribution is 2.16. The van der Waals surface area contributed by atoms with Crippen molar-refractivity contribution in [2.75, 3.05) is 13.1 Å². The summed E-state index contributed by atoms with van der Waals surface area (Å²) in [4.78, 5) is 9.11. The van der Waals surface area contributed by atoms with Gasteiger partial charge in [0.2, 0.25) is 0 Å². The summed E-state index contributed by atoms with van der Waals surface area (Å²) < 4.78 is 0. The molecule has 0 saturated carbocycles. The second-order valence-electron chi connectivity index (χ2n) is 5.45. The molecule has 0 aliphatic heterocycles. The van der Waals surface area contributed by atoms with Gasteiger partial charge in [0.15, 0.2) is 5.96 Å². The maximum Gasteiger partial charge on any atom is 0.191 e. The number of nitrogens with one attached hydrogen (secondary N) is 2. The molecule has 0 radical (unpaired) electrons. The summed E-state index contributed by atoms with van der Waals surface area (Å²) in [5.41, 5.74) is 1.01. The standard InChI is InChI=1S/C17H24N4.HI/c1-4-18-17(20-11-13(2)3)21-12-16-15-8-6-5-7-14(15)9-10-19-16;/h5-10,13H,4,11-12H2,1-3H3,(H2,18,20,21);1H. The third-order valence-electron chi connectivity index (χ3n) is 3.17. The van der Waals surface area contributed by atoms with Gasteiger partial charge in [-0.1, -0.05) is 38.1 Å². The van der Waals surface area contributed by atoms with E-state index in [1.807, 2.05) is 24.4 Å². The maximum atomic E-state index is 4.64. The highest BCUT2D eigenvalue weighted by atomic mass is 127. The van der Waals surface area contributed by atoms with Crippen LogP contribution in [0.5, 0.6) is 0 Å². The molecule has 0 bridgehead atoms. The first-order valence-electron chi connectivity index (χ1n) is 7.55. The molecule has 2 aromatic rings. The topological polar surface area (TPSA) is 49.3 Å². The summed E-state index contributed by atoms with van der Waals surface area (Å²) in [7, 11) is 0. The predicted molar refractivity (Wildman–Crippen MR) is 105 cm³/mol. The predicted octanol–water partition coefficient (Wildman–Crippen LogP) is 3.56. The van der Waals surface area contributed by atoms with E-state index in [1.54, 1.807) is 0 Å². The summed E-state index contributed by atoms with van der Waals surface area (Å²) in [6.45, 7) is 8.78. The van der Waals surface area contributed by atoms with Gasteiger partial charge in [-0.15, -0.1) is 24.0 Å². The zero-order chi connectivity index (χ0) is 15.1. The normalized spacial score (nSPS) is 11.4. The third-order valence-corrected chi connectivity index (χ3v) is 3.17. The van der Waals surface area contributed by atoms with Crippen molar-refractivity contribution in [3.63, 3.8) is 0 Å².